The molecule has 0 bridgehead atoms. The predicted octanol–water partition coefficient (Wildman–Crippen LogP) is 2.91. The highest BCUT2D eigenvalue weighted by Gasteiger charge is 2.57. The van der Waals surface area contributed by atoms with Crippen LogP contribution in [-0.4, -0.2) is 29.4 Å². The number of benzene rings is 1. The Kier molecular flexibility index (Phi) is 2.58. The number of rotatable bonds is 1. The Morgan fingerprint density at radius 2 is 1.85 bits per heavy atom. The number of halogens is 1. The van der Waals surface area contributed by atoms with Crippen molar-refractivity contribution in [2.75, 3.05) is 11.4 Å². The standard InChI is InChI=1S/C15H15ClN2O2/c16-10-4-6-11(7-5-10)18-14(19)13-12-3-1-2-9(12)8-17(13)15(18)20/h4-7,9,12-13H,1-3,8H2. The average molecular weight is 291 g/mol. The van der Waals surface area contributed by atoms with Crippen molar-refractivity contribution in [1.29, 1.82) is 0 Å². The highest BCUT2D eigenvalue weighted by Crippen LogP contribution is 2.46. The molecule has 1 aromatic carbocycles. The lowest BCUT2D eigenvalue weighted by atomic mass is 9.93. The molecule has 1 aliphatic carbocycles. The lowest BCUT2D eigenvalue weighted by Crippen LogP contribution is -2.34. The van der Waals surface area contributed by atoms with E-state index < -0.39 is 0 Å². The maximum atomic E-state index is 12.7. The monoisotopic (exact) mass is 290 g/mol. The van der Waals surface area contributed by atoms with Gasteiger partial charge in [-0.15, -0.1) is 0 Å². The maximum absolute atomic E-state index is 12.7. The molecule has 1 saturated carbocycles. The third kappa shape index (κ3) is 1.54. The number of amides is 3. The van der Waals surface area contributed by atoms with Crippen LogP contribution in [0.1, 0.15) is 19.3 Å². The van der Waals surface area contributed by atoms with Gasteiger partial charge in [-0.1, -0.05) is 18.0 Å². The van der Waals surface area contributed by atoms with Crippen LogP contribution in [0.15, 0.2) is 24.3 Å². The SMILES string of the molecule is O=C1C2C3CCCC3CN2C(=O)N1c1ccc(Cl)cc1. The van der Waals surface area contributed by atoms with Crippen molar-refractivity contribution < 1.29 is 9.59 Å². The smallest absolute Gasteiger partial charge is 0.311 e. The molecule has 3 fully saturated rings. The number of carbonyl (C=O) groups is 2. The molecule has 4 nitrogen and oxygen atoms in total. The van der Waals surface area contributed by atoms with Crippen molar-refractivity contribution in [3.8, 4) is 0 Å². The van der Waals surface area contributed by atoms with Gasteiger partial charge in [0.2, 0.25) is 0 Å². The van der Waals surface area contributed by atoms with Crippen molar-refractivity contribution in [2.24, 2.45) is 11.8 Å². The molecular weight excluding hydrogens is 276 g/mol. The summed E-state index contributed by atoms with van der Waals surface area (Å²) in [5.41, 5.74) is 0.619. The Balaban J connectivity index is 1.69. The fourth-order valence-corrected chi connectivity index (χ4v) is 4.13. The lowest BCUT2D eigenvalue weighted by molar-refractivity contribution is -0.120. The van der Waals surface area contributed by atoms with Gasteiger partial charge >= 0.3 is 6.03 Å². The zero-order valence-electron chi connectivity index (χ0n) is 11.0. The molecule has 0 N–H and O–H groups in total. The summed E-state index contributed by atoms with van der Waals surface area (Å²) in [5.74, 6) is 0.829. The summed E-state index contributed by atoms with van der Waals surface area (Å²) in [6.45, 7) is 0.740. The quantitative estimate of drug-likeness (QED) is 0.746. The molecule has 3 aliphatic rings. The van der Waals surface area contributed by atoms with Crippen LogP contribution in [0.2, 0.25) is 5.02 Å². The van der Waals surface area contributed by atoms with Gasteiger partial charge in [-0.3, -0.25) is 4.79 Å². The maximum Gasteiger partial charge on any atom is 0.332 e. The minimum Gasteiger partial charge on any atom is -0.311 e. The number of carbonyl (C=O) groups excluding carboxylic acids is 2. The molecule has 2 saturated heterocycles. The van der Waals surface area contributed by atoms with Gasteiger partial charge in [0.1, 0.15) is 6.04 Å². The highest BCUT2D eigenvalue weighted by molar-refractivity contribution is 6.30. The van der Waals surface area contributed by atoms with E-state index in [0.29, 0.717) is 22.5 Å². The van der Waals surface area contributed by atoms with E-state index in [-0.39, 0.29) is 18.0 Å². The largest absolute Gasteiger partial charge is 0.332 e. The van der Waals surface area contributed by atoms with Gasteiger partial charge in [0.25, 0.3) is 5.91 Å². The lowest BCUT2D eigenvalue weighted by Gasteiger charge is -2.17. The Hall–Kier alpha value is -1.55. The molecule has 4 rings (SSSR count). The second-order valence-corrected chi connectivity index (χ2v) is 6.32. The first-order valence-electron chi connectivity index (χ1n) is 7.07. The van der Waals surface area contributed by atoms with Crippen LogP contribution in [0.5, 0.6) is 0 Å². The topological polar surface area (TPSA) is 40.6 Å². The molecule has 0 radical (unpaired) electrons. The molecular formula is C15H15ClN2O2. The van der Waals surface area contributed by atoms with Gasteiger partial charge in [0.15, 0.2) is 0 Å². The van der Waals surface area contributed by atoms with E-state index in [0.717, 1.165) is 19.4 Å². The van der Waals surface area contributed by atoms with Crippen molar-refractivity contribution in [1.82, 2.24) is 4.90 Å². The van der Waals surface area contributed by atoms with Crippen LogP contribution < -0.4 is 4.90 Å². The molecule has 0 spiro atoms. The zero-order chi connectivity index (χ0) is 13.9. The average Bonchev–Trinajstić information content (AvgIpc) is 3.05. The van der Waals surface area contributed by atoms with Gasteiger partial charge in [-0.05, 0) is 48.9 Å². The number of fused-ring (bicyclic) bond motifs is 3. The van der Waals surface area contributed by atoms with Crippen LogP contribution in [0.3, 0.4) is 0 Å². The van der Waals surface area contributed by atoms with Crippen LogP contribution in [0.25, 0.3) is 0 Å². The zero-order valence-corrected chi connectivity index (χ0v) is 11.7. The van der Waals surface area contributed by atoms with Crippen molar-refractivity contribution in [3.63, 3.8) is 0 Å². The fraction of sp³-hybridized carbons (Fsp3) is 0.467. The molecule has 2 aliphatic heterocycles. The Morgan fingerprint density at radius 1 is 1.10 bits per heavy atom. The number of urea groups is 1. The second-order valence-electron chi connectivity index (χ2n) is 5.88. The van der Waals surface area contributed by atoms with Crippen molar-refractivity contribution >= 4 is 29.2 Å². The van der Waals surface area contributed by atoms with Gasteiger partial charge in [-0.2, -0.15) is 0 Å². The van der Waals surface area contributed by atoms with Gasteiger partial charge in [0.05, 0.1) is 5.69 Å². The normalized spacial score (nSPS) is 31.9. The first-order chi connectivity index (χ1) is 9.66. The van der Waals surface area contributed by atoms with E-state index in [2.05, 4.69) is 0 Å². The van der Waals surface area contributed by atoms with Gasteiger partial charge in [0, 0.05) is 11.6 Å². The summed E-state index contributed by atoms with van der Waals surface area (Å²) in [6, 6.07) is 6.47. The van der Waals surface area contributed by atoms with Crippen molar-refractivity contribution in [3.05, 3.63) is 29.3 Å². The van der Waals surface area contributed by atoms with Crippen LogP contribution >= 0.6 is 11.6 Å². The summed E-state index contributed by atoms with van der Waals surface area (Å²) in [7, 11) is 0. The summed E-state index contributed by atoms with van der Waals surface area (Å²) >= 11 is 5.86. The minimum atomic E-state index is -0.231. The van der Waals surface area contributed by atoms with E-state index in [1.54, 1.807) is 29.2 Å². The Morgan fingerprint density at radius 3 is 2.60 bits per heavy atom. The number of hydrogen-bond acceptors (Lipinski definition) is 2. The number of nitrogens with zero attached hydrogens (tertiary/aromatic N) is 2. The third-order valence-electron chi connectivity index (χ3n) is 4.89. The molecule has 1 aromatic rings. The first-order valence-corrected chi connectivity index (χ1v) is 7.45. The fourth-order valence-electron chi connectivity index (χ4n) is 4.00. The van der Waals surface area contributed by atoms with E-state index in [4.69, 9.17) is 11.6 Å². The molecule has 3 unspecified atom stereocenters. The summed E-state index contributed by atoms with van der Waals surface area (Å²) < 4.78 is 0. The third-order valence-corrected chi connectivity index (χ3v) is 5.14. The molecule has 2 heterocycles. The molecule has 3 atom stereocenters. The van der Waals surface area contributed by atoms with Gasteiger partial charge in [-0.25, -0.2) is 9.69 Å². The van der Waals surface area contributed by atoms with Crippen LogP contribution in [0, 0.1) is 11.8 Å². The van der Waals surface area contributed by atoms with E-state index >= 15 is 0 Å². The molecule has 0 aromatic heterocycles. The summed E-state index contributed by atoms with van der Waals surface area (Å²) in [6.07, 6.45) is 3.40. The van der Waals surface area contributed by atoms with Crippen LogP contribution in [0.4, 0.5) is 10.5 Å². The van der Waals surface area contributed by atoms with Crippen molar-refractivity contribution in [2.45, 2.75) is 25.3 Å². The summed E-state index contributed by atoms with van der Waals surface area (Å²) in [5, 5.41) is 0.601. The summed E-state index contributed by atoms with van der Waals surface area (Å²) in [4.78, 5) is 28.3. The van der Waals surface area contributed by atoms with E-state index in [9.17, 15) is 9.59 Å². The highest BCUT2D eigenvalue weighted by atomic mass is 35.5. The molecule has 5 heteroatoms. The predicted molar refractivity (Wildman–Crippen MR) is 75.7 cm³/mol. The minimum absolute atomic E-state index is 0.0632. The molecule has 20 heavy (non-hydrogen) atoms. The Bertz CT molecular complexity index is 586. The Labute approximate surface area is 122 Å². The second kappa shape index (κ2) is 4.22. The van der Waals surface area contributed by atoms with E-state index in [1.807, 2.05) is 0 Å². The molecule has 3 amide bonds. The number of imide groups is 1. The number of hydrogen-bond donors (Lipinski definition) is 0. The number of anilines is 1. The van der Waals surface area contributed by atoms with Gasteiger partial charge < -0.3 is 4.90 Å². The van der Waals surface area contributed by atoms with E-state index in [1.165, 1.54) is 11.3 Å². The van der Waals surface area contributed by atoms with Crippen LogP contribution in [-0.2, 0) is 4.79 Å². The first kappa shape index (κ1) is 12.2. The molecule has 104 valence electrons.